The van der Waals surface area contributed by atoms with E-state index in [9.17, 15) is 9.59 Å². The summed E-state index contributed by atoms with van der Waals surface area (Å²) in [5, 5.41) is 3.65. The molecule has 3 aromatic carbocycles. The number of ether oxygens (including phenoxy) is 1. The number of hydrogen-bond donors (Lipinski definition) is 1. The average molecular weight is 649 g/mol. The van der Waals surface area contributed by atoms with Gasteiger partial charge in [-0.05, 0) is 55.0 Å². The Labute approximate surface area is 270 Å². The highest BCUT2D eigenvalue weighted by Crippen LogP contribution is 2.64. The zero-order chi connectivity index (χ0) is 31.4. The first-order valence-corrected chi connectivity index (χ1v) is 16.0. The lowest BCUT2D eigenvalue weighted by Crippen LogP contribution is -2.53. The van der Waals surface area contributed by atoms with Crippen molar-refractivity contribution in [2.45, 2.75) is 49.2 Å². The van der Waals surface area contributed by atoms with Crippen LogP contribution in [-0.2, 0) is 16.9 Å². The van der Waals surface area contributed by atoms with Crippen LogP contribution >= 0.6 is 23.2 Å². The van der Waals surface area contributed by atoms with Gasteiger partial charge in [-0.2, -0.15) is 0 Å². The molecule has 0 bridgehead atoms. The highest BCUT2D eigenvalue weighted by Gasteiger charge is 2.69. The Kier molecular flexibility index (Phi) is 6.51. The second-order valence-electron chi connectivity index (χ2n) is 12.9. The number of hydrogen-bond acceptors (Lipinski definition) is 5. The van der Waals surface area contributed by atoms with Crippen LogP contribution in [0, 0.1) is 11.7 Å². The van der Waals surface area contributed by atoms with E-state index >= 15 is 4.39 Å². The number of aromatic nitrogens is 2. The monoisotopic (exact) mass is 647 g/mol. The Bertz CT molecular complexity index is 1920. The molecule has 1 aliphatic carbocycles. The van der Waals surface area contributed by atoms with Crippen molar-refractivity contribution >= 4 is 51.7 Å². The highest BCUT2D eigenvalue weighted by molar-refractivity contribution is 6.31. The number of fused-ring (bicyclic) bond motifs is 7. The number of halogens is 3. The topological polar surface area (TPSA) is 79.7 Å². The van der Waals surface area contributed by atoms with Gasteiger partial charge in [-0.25, -0.2) is 9.37 Å². The van der Waals surface area contributed by atoms with E-state index in [0.717, 1.165) is 36.2 Å². The van der Waals surface area contributed by atoms with Crippen molar-refractivity contribution in [3.63, 3.8) is 0 Å². The molecule has 8 rings (SSSR count). The van der Waals surface area contributed by atoms with Crippen molar-refractivity contribution in [1.82, 2.24) is 19.4 Å². The molecule has 1 spiro atoms. The number of nitrogens with one attached hydrogen (secondary N) is 1. The molecule has 2 fully saturated rings. The molecule has 11 heteroatoms. The number of nitrogens with zero attached hydrogens (tertiary/aromatic N) is 4. The lowest BCUT2D eigenvalue weighted by atomic mass is 9.70. The molecule has 4 heterocycles. The Balaban J connectivity index is 1.41. The first kappa shape index (κ1) is 28.8. The summed E-state index contributed by atoms with van der Waals surface area (Å²) in [6, 6.07) is 14.1. The van der Waals surface area contributed by atoms with Crippen LogP contribution in [0.2, 0.25) is 10.0 Å². The molecule has 1 aromatic heterocycles. The summed E-state index contributed by atoms with van der Waals surface area (Å²) >= 11 is 12.9. The van der Waals surface area contributed by atoms with Gasteiger partial charge in [0.05, 0.1) is 28.7 Å². The fourth-order valence-corrected chi connectivity index (χ4v) is 8.55. The number of methoxy groups -OCH3 is 1. The molecule has 8 nitrogen and oxygen atoms in total. The van der Waals surface area contributed by atoms with Crippen LogP contribution in [0.3, 0.4) is 0 Å². The standard InChI is InChI=1S/C34H32Cl2FN5O3/c1-40(2)32(43)20-14-24-26(15-27(20)45-3)41-12-11-25-28(31(41)38-24)29(19-5-4-6-22(36)30(19)37)34(42(25)16-17-7-8-17)21-10-9-18(35)13-23(21)39-33(34)44/h4-6,9-10,13-15,17,25,28-29H,7-8,11-12,16H2,1-3H3,(H,39,44)/t25-,28+,29-,34+/m0/s1. The second kappa shape index (κ2) is 10.2. The molecule has 1 saturated carbocycles. The quantitative estimate of drug-likeness (QED) is 0.271. The van der Waals surface area contributed by atoms with Gasteiger partial charge >= 0.3 is 0 Å². The molecule has 45 heavy (non-hydrogen) atoms. The van der Waals surface area contributed by atoms with E-state index in [1.54, 1.807) is 51.5 Å². The predicted octanol–water partition coefficient (Wildman–Crippen LogP) is 6.41. The fraction of sp³-hybridized carbons (Fsp3) is 0.382. The third kappa shape index (κ3) is 4.03. The molecular weight excluding hydrogens is 616 g/mol. The number of imidazole rings is 1. The highest BCUT2D eigenvalue weighted by atomic mass is 35.5. The third-order valence-electron chi connectivity index (χ3n) is 10.2. The molecule has 4 aromatic rings. The van der Waals surface area contributed by atoms with Crippen LogP contribution in [0.25, 0.3) is 11.0 Å². The maximum absolute atomic E-state index is 16.3. The van der Waals surface area contributed by atoms with E-state index in [-0.39, 0.29) is 28.8 Å². The Hall–Kier alpha value is -3.66. The third-order valence-corrected chi connectivity index (χ3v) is 10.7. The van der Waals surface area contributed by atoms with Crippen LogP contribution in [-0.4, -0.2) is 65.0 Å². The fourth-order valence-electron chi connectivity index (χ4n) is 8.19. The zero-order valence-electron chi connectivity index (χ0n) is 25.1. The van der Waals surface area contributed by atoms with Crippen LogP contribution in [0.1, 0.15) is 58.4 Å². The Morgan fingerprint density at radius 1 is 1.16 bits per heavy atom. The first-order valence-electron chi connectivity index (χ1n) is 15.3. The Morgan fingerprint density at radius 2 is 1.96 bits per heavy atom. The average Bonchev–Trinajstić information content (AvgIpc) is 3.61. The summed E-state index contributed by atoms with van der Waals surface area (Å²) < 4.78 is 24.2. The van der Waals surface area contributed by atoms with E-state index in [1.165, 1.54) is 11.0 Å². The van der Waals surface area contributed by atoms with Crippen LogP contribution < -0.4 is 10.1 Å². The number of likely N-dealkylation sites (tertiary alicyclic amines) is 1. The van der Waals surface area contributed by atoms with Gasteiger partial charge in [-0.15, -0.1) is 0 Å². The molecular formula is C34H32Cl2FN5O3. The van der Waals surface area contributed by atoms with E-state index < -0.39 is 17.3 Å². The van der Waals surface area contributed by atoms with E-state index in [0.29, 0.717) is 52.1 Å². The van der Waals surface area contributed by atoms with E-state index in [2.05, 4.69) is 14.8 Å². The van der Waals surface area contributed by atoms with Crippen LogP contribution in [0.15, 0.2) is 48.5 Å². The molecule has 1 N–H and O–H groups in total. The molecule has 232 valence electrons. The minimum atomic E-state index is -1.21. The van der Waals surface area contributed by atoms with E-state index in [1.807, 2.05) is 12.1 Å². The largest absolute Gasteiger partial charge is 0.496 e. The summed E-state index contributed by atoms with van der Waals surface area (Å²) in [5.74, 6) is -0.240. The molecule has 0 unspecified atom stereocenters. The van der Waals surface area contributed by atoms with Gasteiger partial charge in [0.1, 0.15) is 22.9 Å². The lowest BCUT2D eigenvalue weighted by molar-refractivity contribution is -0.128. The van der Waals surface area contributed by atoms with Crippen molar-refractivity contribution in [1.29, 1.82) is 0 Å². The summed E-state index contributed by atoms with van der Waals surface area (Å²) in [6.07, 6.45) is 2.92. The van der Waals surface area contributed by atoms with Gasteiger partial charge < -0.3 is 19.5 Å². The van der Waals surface area contributed by atoms with Crippen molar-refractivity contribution in [2.75, 3.05) is 33.1 Å². The molecule has 1 saturated heterocycles. The molecule has 3 aliphatic heterocycles. The van der Waals surface area contributed by atoms with Crippen molar-refractivity contribution in [3.05, 3.63) is 86.9 Å². The number of amides is 2. The number of anilines is 1. The summed E-state index contributed by atoms with van der Waals surface area (Å²) in [4.78, 5) is 36.7. The predicted molar refractivity (Wildman–Crippen MR) is 171 cm³/mol. The molecule has 2 amide bonds. The van der Waals surface area contributed by atoms with Crippen molar-refractivity contribution in [3.8, 4) is 5.75 Å². The maximum Gasteiger partial charge on any atom is 0.257 e. The number of carbonyl (C=O) groups excluding carboxylic acids is 2. The molecule has 4 atom stereocenters. The minimum Gasteiger partial charge on any atom is -0.496 e. The molecule has 0 radical (unpaired) electrons. The van der Waals surface area contributed by atoms with Gasteiger partial charge in [0.15, 0.2) is 0 Å². The van der Waals surface area contributed by atoms with Crippen molar-refractivity contribution < 1.29 is 18.7 Å². The first-order chi connectivity index (χ1) is 21.6. The summed E-state index contributed by atoms with van der Waals surface area (Å²) in [5.41, 5.74) is 2.51. The van der Waals surface area contributed by atoms with Gasteiger partial charge in [0.25, 0.3) is 5.91 Å². The van der Waals surface area contributed by atoms with Gasteiger partial charge in [0.2, 0.25) is 5.91 Å². The van der Waals surface area contributed by atoms with E-state index in [4.69, 9.17) is 32.9 Å². The number of carbonyl (C=O) groups is 2. The van der Waals surface area contributed by atoms with Gasteiger partial charge in [-0.1, -0.05) is 41.4 Å². The number of rotatable bonds is 5. The smallest absolute Gasteiger partial charge is 0.257 e. The normalized spacial score (nSPS) is 25.3. The van der Waals surface area contributed by atoms with Crippen LogP contribution in [0.4, 0.5) is 10.1 Å². The van der Waals surface area contributed by atoms with Crippen LogP contribution in [0.5, 0.6) is 5.75 Å². The molecule has 4 aliphatic rings. The summed E-state index contributed by atoms with van der Waals surface area (Å²) in [7, 11) is 4.94. The minimum absolute atomic E-state index is 0.00969. The number of benzene rings is 3. The van der Waals surface area contributed by atoms with Gasteiger partial charge in [-0.3, -0.25) is 14.5 Å². The Morgan fingerprint density at radius 3 is 2.69 bits per heavy atom. The number of aryl methyl sites for hydroxylation is 1. The van der Waals surface area contributed by atoms with Gasteiger partial charge in [0, 0.05) is 67.4 Å². The summed E-state index contributed by atoms with van der Waals surface area (Å²) in [6.45, 7) is 1.36. The zero-order valence-corrected chi connectivity index (χ0v) is 26.6. The maximum atomic E-state index is 16.3. The second-order valence-corrected chi connectivity index (χ2v) is 13.7. The van der Waals surface area contributed by atoms with Crippen molar-refractivity contribution in [2.24, 2.45) is 5.92 Å². The SMILES string of the molecule is COc1cc2c(cc1C(=O)N(C)C)nc1n2CC[C@H]2[C@@H]1[C@H](c1cccc(Cl)c1F)[C@]1(C(=O)Nc3cc(Cl)ccc31)N2CC1CC1. The lowest BCUT2D eigenvalue weighted by Gasteiger charge is -2.40.